The van der Waals surface area contributed by atoms with E-state index in [1.807, 2.05) is 12.1 Å². The quantitative estimate of drug-likeness (QED) is 0.417. The lowest BCUT2D eigenvalue weighted by Crippen LogP contribution is -2.29. The summed E-state index contributed by atoms with van der Waals surface area (Å²) in [5.74, 6) is -0.600. The third-order valence-corrected chi connectivity index (χ3v) is 6.03. The summed E-state index contributed by atoms with van der Waals surface area (Å²) in [6, 6.07) is 22.3. The Kier molecular flexibility index (Phi) is 7.61. The van der Waals surface area contributed by atoms with E-state index in [0.29, 0.717) is 25.1 Å². The second-order valence-corrected chi connectivity index (χ2v) is 8.44. The highest BCUT2D eigenvalue weighted by Crippen LogP contribution is 2.30. The van der Waals surface area contributed by atoms with Gasteiger partial charge in [-0.3, -0.25) is 4.79 Å². The Morgan fingerprint density at radius 1 is 1.06 bits per heavy atom. The summed E-state index contributed by atoms with van der Waals surface area (Å²) >= 11 is 0. The summed E-state index contributed by atoms with van der Waals surface area (Å²) in [5, 5.41) is 3.34. The van der Waals surface area contributed by atoms with E-state index >= 15 is 0 Å². The number of esters is 1. The fourth-order valence-corrected chi connectivity index (χ4v) is 4.31. The fraction of sp³-hybridized carbons (Fsp3) is 0.321. The number of carbonyl (C=O) groups excluding carboxylic acids is 1. The monoisotopic (exact) mass is 446 g/mol. The van der Waals surface area contributed by atoms with Crippen molar-refractivity contribution in [1.29, 1.82) is 0 Å². The molecule has 0 saturated heterocycles. The van der Waals surface area contributed by atoms with Crippen LogP contribution in [0.3, 0.4) is 0 Å². The standard InChI is InChI=1S/C28H31FN2O2/c1-2-33-28(32)15-13-23-12-14-25(18-26(23)29)30-19-22-10-11-24-9-6-16-31(27(24)17-22)20-21-7-4-3-5-8-21/h3-5,7-8,10-12,14,17-18,30H,2,6,9,13,15-16,19-20H2,1H3. The van der Waals surface area contributed by atoms with Crippen LogP contribution in [0.5, 0.6) is 0 Å². The lowest BCUT2D eigenvalue weighted by molar-refractivity contribution is -0.143. The molecule has 4 nitrogen and oxygen atoms in total. The van der Waals surface area contributed by atoms with Crippen molar-refractivity contribution < 1.29 is 13.9 Å². The van der Waals surface area contributed by atoms with Crippen molar-refractivity contribution in [2.75, 3.05) is 23.4 Å². The average molecular weight is 447 g/mol. The van der Waals surface area contributed by atoms with Crippen LogP contribution in [0, 0.1) is 5.82 Å². The number of halogens is 1. The second kappa shape index (κ2) is 11.0. The van der Waals surface area contributed by atoms with E-state index in [9.17, 15) is 9.18 Å². The van der Waals surface area contributed by atoms with Gasteiger partial charge in [-0.25, -0.2) is 4.39 Å². The molecule has 172 valence electrons. The van der Waals surface area contributed by atoms with Crippen LogP contribution >= 0.6 is 0 Å². The first-order chi connectivity index (χ1) is 16.1. The Bertz CT molecular complexity index is 1080. The minimum absolute atomic E-state index is 0.187. The van der Waals surface area contributed by atoms with Crippen LogP contribution in [0.2, 0.25) is 0 Å². The molecular weight excluding hydrogens is 415 g/mol. The first kappa shape index (κ1) is 22.8. The number of hydrogen-bond donors (Lipinski definition) is 1. The largest absolute Gasteiger partial charge is 0.466 e. The molecule has 0 atom stereocenters. The minimum Gasteiger partial charge on any atom is -0.466 e. The number of anilines is 2. The second-order valence-electron chi connectivity index (χ2n) is 8.44. The molecule has 0 spiro atoms. The van der Waals surface area contributed by atoms with Crippen molar-refractivity contribution in [2.24, 2.45) is 0 Å². The molecule has 0 aliphatic carbocycles. The van der Waals surface area contributed by atoms with Crippen LogP contribution in [0.1, 0.15) is 42.0 Å². The van der Waals surface area contributed by atoms with Gasteiger partial charge >= 0.3 is 5.97 Å². The molecule has 0 aromatic heterocycles. The summed E-state index contributed by atoms with van der Waals surface area (Å²) in [4.78, 5) is 14.0. The summed E-state index contributed by atoms with van der Waals surface area (Å²) < 4.78 is 19.4. The highest BCUT2D eigenvalue weighted by atomic mass is 19.1. The van der Waals surface area contributed by atoms with Gasteiger partial charge in [0.1, 0.15) is 5.82 Å². The van der Waals surface area contributed by atoms with Crippen LogP contribution in [-0.4, -0.2) is 19.1 Å². The van der Waals surface area contributed by atoms with Crippen molar-refractivity contribution in [3.63, 3.8) is 0 Å². The van der Waals surface area contributed by atoms with E-state index in [2.05, 4.69) is 52.7 Å². The SMILES string of the molecule is CCOC(=O)CCc1ccc(NCc2ccc3c(c2)N(Cc2ccccc2)CCC3)cc1F. The molecule has 0 unspecified atom stereocenters. The molecule has 1 aliphatic rings. The smallest absolute Gasteiger partial charge is 0.306 e. The highest BCUT2D eigenvalue weighted by molar-refractivity contribution is 5.69. The molecule has 1 heterocycles. The number of aryl methyl sites for hydroxylation is 2. The predicted octanol–water partition coefficient (Wildman–Crippen LogP) is 5.89. The molecule has 3 aromatic carbocycles. The van der Waals surface area contributed by atoms with Crippen molar-refractivity contribution in [1.82, 2.24) is 0 Å². The number of nitrogens with one attached hydrogen (secondary N) is 1. The number of nitrogens with zero attached hydrogens (tertiary/aromatic N) is 1. The van der Waals surface area contributed by atoms with Gasteiger partial charge in [-0.15, -0.1) is 0 Å². The van der Waals surface area contributed by atoms with Gasteiger partial charge in [-0.05, 0) is 66.6 Å². The van der Waals surface area contributed by atoms with Crippen LogP contribution in [0.4, 0.5) is 15.8 Å². The molecule has 0 radical (unpaired) electrons. The Labute approximate surface area is 195 Å². The van der Waals surface area contributed by atoms with Crippen molar-refractivity contribution in [2.45, 2.75) is 45.7 Å². The maximum Gasteiger partial charge on any atom is 0.306 e. The molecular formula is C28H31FN2O2. The Balaban J connectivity index is 1.39. The molecule has 1 aliphatic heterocycles. The summed E-state index contributed by atoms with van der Waals surface area (Å²) in [5.41, 5.74) is 6.42. The van der Waals surface area contributed by atoms with E-state index in [1.165, 1.54) is 34.9 Å². The van der Waals surface area contributed by atoms with Crippen LogP contribution in [0.15, 0.2) is 66.7 Å². The summed E-state index contributed by atoms with van der Waals surface area (Å²) in [7, 11) is 0. The number of rotatable bonds is 9. The molecule has 0 saturated carbocycles. The number of fused-ring (bicyclic) bond motifs is 1. The van der Waals surface area contributed by atoms with Gasteiger partial charge in [0, 0.05) is 37.4 Å². The van der Waals surface area contributed by atoms with E-state index in [-0.39, 0.29) is 18.2 Å². The molecule has 0 amide bonds. The van der Waals surface area contributed by atoms with Gasteiger partial charge in [-0.1, -0.05) is 48.5 Å². The highest BCUT2D eigenvalue weighted by Gasteiger charge is 2.17. The summed E-state index contributed by atoms with van der Waals surface area (Å²) in [6.45, 7) is 4.69. The molecule has 4 rings (SSSR count). The van der Waals surface area contributed by atoms with E-state index in [0.717, 1.165) is 25.2 Å². The normalized spacial score (nSPS) is 12.8. The van der Waals surface area contributed by atoms with Gasteiger partial charge in [-0.2, -0.15) is 0 Å². The summed E-state index contributed by atoms with van der Waals surface area (Å²) in [6.07, 6.45) is 2.80. The third kappa shape index (κ3) is 6.13. The molecule has 33 heavy (non-hydrogen) atoms. The maximum atomic E-state index is 14.5. The zero-order valence-corrected chi connectivity index (χ0v) is 19.1. The molecule has 3 aromatic rings. The van der Waals surface area contributed by atoms with Gasteiger partial charge in [0.2, 0.25) is 0 Å². The molecule has 1 N–H and O–H groups in total. The zero-order valence-electron chi connectivity index (χ0n) is 19.1. The Morgan fingerprint density at radius 2 is 1.91 bits per heavy atom. The van der Waals surface area contributed by atoms with E-state index in [1.54, 1.807) is 13.0 Å². The van der Waals surface area contributed by atoms with Crippen molar-refractivity contribution >= 4 is 17.3 Å². The van der Waals surface area contributed by atoms with Gasteiger partial charge in [0.05, 0.1) is 6.61 Å². The number of hydrogen-bond acceptors (Lipinski definition) is 4. The molecule has 0 fully saturated rings. The van der Waals surface area contributed by atoms with E-state index in [4.69, 9.17) is 4.74 Å². The lowest BCUT2D eigenvalue weighted by atomic mass is 9.98. The number of benzene rings is 3. The zero-order chi connectivity index (χ0) is 23.0. The van der Waals surface area contributed by atoms with Crippen molar-refractivity contribution in [3.05, 3.63) is 94.8 Å². The third-order valence-electron chi connectivity index (χ3n) is 6.03. The van der Waals surface area contributed by atoms with Gasteiger partial charge in [0.15, 0.2) is 0 Å². The van der Waals surface area contributed by atoms with Crippen LogP contribution in [-0.2, 0) is 35.5 Å². The van der Waals surface area contributed by atoms with Crippen LogP contribution in [0.25, 0.3) is 0 Å². The van der Waals surface area contributed by atoms with Crippen LogP contribution < -0.4 is 10.2 Å². The van der Waals surface area contributed by atoms with Gasteiger partial charge < -0.3 is 15.0 Å². The Morgan fingerprint density at radius 3 is 2.70 bits per heavy atom. The minimum atomic E-state index is -0.302. The Hall–Kier alpha value is -3.34. The van der Waals surface area contributed by atoms with Gasteiger partial charge in [0.25, 0.3) is 0 Å². The molecule has 5 heteroatoms. The number of ether oxygens (including phenoxy) is 1. The predicted molar refractivity (Wildman–Crippen MR) is 131 cm³/mol. The van der Waals surface area contributed by atoms with Crippen molar-refractivity contribution in [3.8, 4) is 0 Å². The molecule has 0 bridgehead atoms. The fourth-order valence-electron chi connectivity index (χ4n) is 4.31. The number of carbonyl (C=O) groups is 1. The maximum absolute atomic E-state index is 14.5. The average Bonchev–Trinajstić information content (AvgIpc) is 2.83. The van der Waals surface area contributed by atoms with E-state index < -0.39 is 0 Å². The first-order valence-electron chi connectivity index (χ1n) is 11.7. The topological polar surface area (TPSA) is 41.6 Å². The lowest BCUT2D eigenvalue weighted by Gasteiger charge is -2.32. The first-order valence-corrected chi connectivity index (χ1v) is 11.7.